The predicted octanol–water partition coefficient (Wildman–Crippen LogP) is 3.89. The number of carbonyl (C=O) groups excluding carboxylic acids is 3. The van der Waals surface area contributed by atoms with Crippen LogP contribution < -0.4 is 21.7 Å². The topological polar surface area (TPSA) is 168 Å². The summed E-state index contributed by atoms with van der Waals surface area (Å²) < 4.78 is 14.9. The lowest BCUT2D eigenvalue weighted by Gasteiger charge is -2.28. The maximum absolute atomic E-state index is 14.9. The fourth-order valence-corrected chi connectivity index (χ4v) is 5.52. The molecule has 1 aliphatic rings. The van der Waals surface area contributed by atoms with Crippen molar-refractivity contribution in [1.82, 2.24) is 31.3 Å². The summed E-state index contributed by atoms with van der Waals surface area (Å²) in [4.78, 5) is 39.1. The summed E-state index contributed by atoms with van der Waals surface area (Å²) in [6, 6.07) is 17.4. The minimum atomic E-state index is -0.898. The molecule has 0 saturated heterocycles. The van der Waals surface area contributed by atoms with Crippen LogP contribution in [0.1, 0.15) is 41.6 Å². The van der Waals surface area contributed by atoms with Gasteiger partial charge >= 0.3 is 0 Å². The van der Waals surface area contributed by atoms with Crippen molar-refractivity contribution in [2.45, 2.75) is 38.1 Å². The van der Waals surface area contributed by atoms with Gasteiger partial charge in [-0.2, -0.15) is 0 Å². The lowest BCUT2D eigenvalue weighted by atomic mass is 9.81. The summed E-state index contributed by atoms with van der Waals surface area (Å²) in [5.41, 5.74) is 8.96. The number of hydrogen-bond donors (Lipinski definition) is 5. The molecule has 5 rings (SSSR count). The van der Waals surface area contributed by atoms with Gasteiger partial charge < -0.3 is 21.7 Å². The molecular weight excluding hydrogens is 599 g/mol. The van der Waals surface area contributed by atoms with Gasteiger partial charge in [0.05, 0.1) is 0 Å². The van der Waals surface area contributed by atoms with E-state index in [-0.39, 0.29) is 48.0 Å². The van der Waals surface area contributed by atoms with E-state index in [1.807, 2.05) is 6.07 Å². The van der Waals surface area contributed by atoms with Crippen molar-refractivity contribution in [3.8, 4) is 22.5 Å². The number of anilines is 1. The van der Waals surface area contributed by atoms with Crippen LogP contribution in [0.2, 0.25) is 0 Å². The first-order chi connectivity index (χ1) is 21.3. The SMILES string of the molecule is CNC(=O)c1ccc(F)c(-c2cccc(C[C@H](NC(=O)[C@H]3CC[C@H](CN)CC3)C(=O)Nc3ccc(-c4nnn[nH]4)cc3)c2)c1.Cl. The van der Waals surface area contributed by atoms with Crippen molar-refractivity contribution >= 4 is 35.8 Å². The number of aromatic amines is 1. The molecule has 1 fully saturated rings. The molecule has 6 N–H and O–H groups in total. The Morgan fingerprint density at radius 2 is 1.76 bits per heavy atom. The first-order valence-corrected chi connectivity index (χ1v) is 14.6. The number of hydrogen-bond acceptors (Lipinski definition) is 7. The van der Waals surface area contributed by atoms with Gasteiger partial charge in [0.1, 0.15) is 11.9 Å². The zero-order valence-electron chi connectivity index (χ0n) is 24.8. The normalized spacial score (nSPS) is 16.6. The molecule has 1 heterocycles. The maximum atomic E-state index is 14.9. The molecule has 45 heavy (non-hydrogen) atoms. The molecule has 236 valence electrons. The summed E-state index contributed by atoms with van der Waals surface area (Å²) in [5.74, 6) is -0.650. The summed E-state index contributed by atoms with van der Waals surface area (Å²) in [6.07, 6.45) is 3.36. The number of amides is 3. The Kier molecular flexibility index (Phi) is 11.3. The Balaban J connectivity index is 0.00000461. The number of benzene rings is 3. The average Bonchev–Trinajstić information content (AvgIpc) is 3.60. The molecule has 1 atom stereocenters. The molecule has 1 aromatic heterocycles. The largest absolute Gasteiger partial charge is 0.355 e. The minimum Gasteiger partial charge on any atom is -0.355 e. The molecule has 13 heteroatoms. The lowest BCUT2D eigenvalue weighted by Crippen LogP contribution is -2.48. The van der Waals surface area contributed by atoms with Crippen LogP contribution in [0.25, 0.3) is 22.5 Å². The number of rotatable bonds is 10. The molecule has 1 saturated carbocycles. The zero-order valence-corrected chi connectivity index (χ0v) is 25.6. The number of aromatic nitrogens is 4. The molecular formula is C32H36ClFN8O3. The molecule has 1 aliphatic carbocycles. The summed E-state index contributed by atoms with van der Waals surface area (Å²) in [6.45, 7) is 0.605. The Bertz CT molecular complexity index is 1610. The van der Waals surface area contributed by atoms with Gasteiger partial charge in [0.15, 0.2) is 5.82 Å². The lowest BCUT2D eigenvalue weighted by molar-refractivity contribution is -0.130. The van der Waals surface area contributed by atoms with Gasteiger partial charge in [-0.05, 0) is 102 Å². The first kappa shape index (κ1) is 33.2. The van der Waals surface area contributed by atoms with Crippen LogP contribution in [-0.2, 0) is 16.0 Å². The number of carbonyl (C=O) groups is 3. The molecule has 3 aromatic carbocycles. The van der Waals surface area contributed by atoms with Gasteiger partial charge in [0.2, 0.25) is 11.8 Å². The molecule has 0 unspecified atom stereocenters. The first-order valence-electron chi connectivity index (χ1n) is 14.6. The van der Waals surface area contributed by atoms with Crippen LogP contribution >= 0.6 is 12.4 Å². The van der Waals surface area contributed by atoms with E-state index in [1.165, 1.54) is 25.2 Å². The third-order valence-electron chi connectivity index (χ3n) is 8.09. The van der Waals surface area contributed by atoms with E-state index in [9.17, 15) is 18.8 Å². The van der Waals surface area contributed by atoms with Crippen LogP contribution in [0, 0.1) is 17.7 Å². The molecule has 3 amide bonds. The summed E-state index contributed by atoms with van der Waals surface area (Å²) in [5, 5.41) is 22.2. The highest BCUT2D eigenvalue weighted by Gasteiger charge is 2.29. The number of nitrogens with one attached hydrogen (secondary N) is 4. The van der Waals surface area contributed by atoms with E-state index < -0.39 is 11.9 Å². The van der Waals surface area contributed by atoms with Crippen molar-refractivity contribution in [3.63, 3.8) is 0 Å². The quantitative estimate of drug-likeness (QED) is 0.176. The van der Waals surface area contributed by atoms with Gasteiger partial charge in [0.25, 0.3) is 5.91 Å². The summed E-state index contributed by atoms with van der Waals surface area (Å²) in [7, 11) is 1.51. The zero-order chi connectivity index (χ0) is 31.1. The van der Waals surface area contributed by atoms with Crippen LogP contribution in [0.4, 0.5) is 10.1 Å². The third-order valence-corrected chi connectivity index (χ3v) is 8.09. The van der Waals surface area contributed by atoms with E-state index in [2.05, 4.69) is 36.6 Å². The van der Waals surface area contributed by atoms with Crippen molar-refractivity contribution < 1.29 is 18.8 Å². The van der Waals surface area contributed by atoms with Crippen molar-refractivity contribution in [1.29, 1.82) is 0 Å². The number of H-pyrrole nitrogens is 1. The smallest absolute Gasteiger partial charge is 0.251 e. The fourth-order valence-electron chi connectivity index (χ4n) is 5.52. The molecule has 0 aliphatic heterocycles. The van der Waals surface area contributed by atoms with E-state index in [0.29, 0.717) is 40.7 Å². The maximum Gasteiger partial charge on any atom is 0.251 e. The second kappa shape index (κ2) is 15.4. The van der Waals surface area contributed by atoms with E-state index in [0.717, 1.165) is 31.2 Å². The van der Waals surface area contributed by atoms with Gasteiger partial charge in [0, 0.05) is 41.8 Å². The summed E-state index contributed by atoms with van der Waals surface area (Å²) >= 11 is 0. The van der Waals surface area contributed by atoms with E-state index >= 15 is 0 Å². The van der Waals surface area contributed by atoms with Gasteiger partial charge in [-0.15, -0.1) is 17.5 Å². The predicted molar refractivity (Wildman–Crippen MR) is 171 cm³/mol. The standard InChI is InChI=1S/C32H35FN8O3.ClH/c1-35-30(42)24-11-14-27(33)26(17-24)23-4-2-3-20(15-23)16-28(37-31(43)22-7-5-19(18-34)6-8-22)32(44)36-25-12-9-21(10-13-25)29-38-40-41-39-29;/h2-4,9-15,17,19,22,28H,5-8,16,18,34H2,1H3,(H,35,42)(H,36,44)(H,37,43)(H,38,39,40,41);1H/t19-,22-,28-;/m0./s1. The highest BCUT2D eigenvalue weighted by Crippen LogP contribution is 2.29. The van der Waals surface area contributed by atoms with Crippen LogP contribution in [0.15, 0.2) is 66.7 Å². The molecule has 4 aromatic rings. The number of nitrogens with zero attached hydrogens (tertiary/aromatic N) is 3. The fraction of sp³-hybridized carbons (Fsp3) is 0.312. The highest BCUT2D eigenvalue weighted by atomic mass is 35.5. The molecule has 0 bridgehead atoms. The van der Waals surface area contributed by atoms with Crippen molar-refractivity contribution in [2.24, 2.45) is 17.6 Å². The van der Waals surface area contributed by atoms with Crippen molar-refractivity contribution in [3.05, 3.63) is 83.7 Å². The Hall–Kier alpha value is -4.68. The second-order valence-corrected chi connectivity index (χ2v) is 11.0. The number of nitrogens with two attached hydrogens (primary N) is 1. The number of tetrazole rings is 1. The van der Waals surface area contributed by atoms with E-state index in [1.54, 1.807) is 42.5 Å². The highest BCUT2D eigenvalue weighted by molar-refractivity contribution is 5.98. The van der Waals surface area contributed by atoms with Gasteiger partial charge in [-0.1, -0.05) is 24.3 Å². The van der Waals surface area contributed by atoms with Gasteiger partial charge in [-0.3, -0.25) is 14.4 Å². The molecule has 0 radical (unpaired) electrons. The molecule has 11 nitrogen and oxygen atoms in total. The monoisotopic (exact) mass is 634 g/mol. The molecule has 0 spiro atoms. The minimum absolute atomic E-state index is 0. The Morgan fingerprint density at radius 3 is 2.42 bits per heavy atom. The average molecular weight is 635 g/mol. The Labute approximate surface area is 266 Å². The Morgan fingerprint density at radius 1 is 1.00 bits per heavy atom. The van der Waals surface area contributed by atoms with Crippen LogP contribution in [0.3, 0.4) is 0 Å². The van der Waals surface area contributed by atoms with E-state index in [4.69, 9.17) is 5.73 Å². The van der Waals surface area contributed by atoms with Crippen LogP contribution in [-0.4, -0.2) is 58.0 Å². The third kappa shape index (κ3) is 8.28. The van der Waals surface area contributed by atoms with Gasteiger partial charge in [-0.25, -0.2) is 9.49 Å². The van der Waals surface area contributed by atoms with Crippen LogP contribution in [0.5, 0.6) is 0 Å². The second-order valence-electron chi connectivity index (χ2n) is 11.0. The number of halogens is 2. The van der Waals surface area contributed by atoms with Crippen molar-refractivity contribution in [2.75, 3.05) is 18.9 Å².